The van der Waals surface area contributed by atoms with Crippen LogP contribution in [0.1, 0.15) is 19.8 Å². The van der Waals surface area contributed by atoms with Crippen LogP contribution in [0.2, 0.25) is 0 Å². The van der Waals surface area contributed by atoms with E-state index in [4.69, 9.17) is 14.2 Å². The van der Waals surface area contributed by atoms with Crippen LogP contribution in [0, 0.1) is 5.82 Å². The highest BCUT2D eigenvalue weighted by molar-refractivity contribution is 5.84. The second-order valence-electron chi connectivity index (χ2n) is 5.61. The summed E-state index contributed by atoms with van der Waals surface area (Å²) in [6.07, 6.45) is 0.847. The summed E-state index contributed by atoms with van der Waals surface area (Å²) in [5, 5.41) is 2.49. The highest BCUT2D eigenvalue weighted by Crippen LogP contribution is 2.34. The van der Waals surface area contributed by atoms with Gasteiger partial charge in [0, 0.05) is 31.6 Å². The number of nitrogens with zero attached hydrogens (tertiary/aromatic N) is 1. The Labute approximate surface area is 134 Å². The van der Waals surface area contributed by atoms with Gasteiger partial charge < -0.3 is 19.1 Å². The smallest absolute Gasteiger partial charge is 0.411 e. The third kappa shape index (κ3) is 3.56. The normalized spacial score (nSPS) is 19.8. The summed E-state index contributed by atoms with van der Waals surface area (Å²) in [7, 11) is 0. The number of ether oxygens (including phenoxy) is 3. The van der Waals surface area contributed by atoms with Crippen LogP contribution in [-0.4, -0.2) is 44.8 Å². The largest absolute Gasteiger partial charge is 0.450 e. The van der Waals surface area contributed by atoms with Gasteiger partial charge in [-0.05, 0) is 25.1 Å². The third-order valence-electron chi connectivity index (χ3n) is 4.15. The first-order valence-corrected chi connectivity index (χ1v) is 7.88. The first kappa shape index (κ1) is 16.0. The van der Waals surface area contributed by atoms with Gasteiger partial charge in [-0.1, -0.05) is 0 Å². The zero-order valence-corrected chi connectivity index (χ0v) is 13.1. The number of carbonyl (C=O) groups is 1. The molecular formula is C16H21FN2O4. The Kier molecular flexibility index (Phi) is 4.68. The van der Waals surface area contributed by atoms with Crippen molar-refractivity contribution in [2.45, 2.75) is 25.6 Å². The molecule has 0 atom stereocenters. The highest BCUT2D eigenvalue weighted by atomic mass is 19.1. The second kappa shape index (κ2) is 6.72. The second-order valence-corrected chi connectivity index (χ2v) is 5.61. The fraction of sp³-hybridized carbons (Fsp3) is 0.562. The minimum atomic E-state index is -0.588. The molecule has 2 aliphatic rings. The quantitative estimate of drug-likeness (QED) is 0.926. The van der Waals surface area contributed by atoms with Gasteiger partial charge in [0.15, 0.2) is 5.79 Å². The predicted octanol–water partition coefficient (Wildman–Crippen LogP) is 2.74. The predicted molar refractivity (Wildman–Crippen MR) is 83.1 cm³/mol. The molecule has 1 N–H and O–H groups in total. The standard InChI is InChI=1S/C16H21FN2O4/c1-2-21-15(20)18-12-3-4-14(13(17)11-12)19-7-5-16(6-8-19)22-9-10-23-16/h3-4,11H,2,5-10H2,1H3,(H,18,20). The molecule has 0 aromatic heterocycles. The molecule has 126 valence electrons. The zero-order valence-electron chi connectivity index (χ0n) is 13.1. The van der Waals surface area contributed by atoms with E-state index in [9.17, 15) is 9.18 Å². The summed E-state index contributed by atoms with van der Waals surface area (Å²) in [4.78, 5) is 13.3. The molecule has 0 radical (unpaired) electrons. The van der Waals surface area contributed by atoms with Gasteiger partial charge >= 0.3 is 6.09 Å². The Balaban J connectivity index is 1.63. The van der Waals surface area contributed by atoms with Crippen molar-refractivity contribution in [2.24, 2.45) is 0 Å². The van der Waals surface area contributed by atoms with E-state index in [1.54, 1.807) is 19.1 Å². The van der Waals surface area contributed by atoms with Crippen molar-refractivity contribution in [1.82, 2.24) is 0 Å². The molecule has 1 amide bonds. The lowest BCUT2D eigenvalue weighted by molar-refractivity contribution is -0.169. The number of rotatable bonds is 3. The number of halogens is 1. The Bertz CT molecular complexity index is 565. The number of nitrogens with one attached hydrogen (secondary N) is 1. The third-order valence-corrected chi connectivity index (χ3v) is 4.15. The van der Waals surface area contributed by atoms with E-state index < -0.39 is 11.9 Å². The molecule has 7 heteroatoms. The number of hydrogen-bond acceptors (Lipinski definition) is 5. The maximum atomic E-state index is 14.3. The number of anilines is 2. The average molecular weight is 324 g/mol. The summed E-state index contributed by atoms with van der Waals surface area (Å²) in [6.45, 7) is 4.57. The fourth-order valence-electron chi connectivity index (χ4n) is 3.00. The molecule has 1 aromatic carbocycles. The van der Waals surface area contributed by atoms with Crippen molar-refractivity contribution in [3.8, 4) is 0 Å². The van der Waals surface area contributed by atoms with Gasteiger partial charge in [-0.2, -0.15) is 0 Å². The summed E-state index contributed by atoms with van der Waals surface area (Å²) in [5.41, 5.74) is 0.896. The lowest BCUT2D eigenvalue weighted by atomic mass is 10.0. The maximum Gasteiger partial charge on any atom is 0.411 e. The summed E-state index contributed by atoms with van der Waals surface area (Å²) in [6, 6.07) is 4.65. The average Bonchev–Trinajstić information content (AvgIpc) is 2.97. The van der Waals surface area contributed by atoms with E-state index in [-0.39, 0.29) is 12.4 Å². The number of carbonyl (C=O) groups excluding carboxylic acids is 1. The molecule has 1 spiro atoms. The van der Waals surface area contributed by atoms with Crippen molar-refractivity contribution in [1.29, 1.82) is 0 Å². The molecule has 2 saturated heterocycles. The van der Waals surface area contributed by atoms with E-state index in [0.29, 0.717) is 37.7 Å². The summed E-state index contributed by atoms with van der Waals surface area (Å²) in [5.74, 6) is -0.846. The molecule has 0 saturated carbocycles. The van der Waals surface area contributed by atoms with Gasteiger partial charge in [-0.3, -0.25) is 5.32 Å². The number of benzene rings is 1. The molecule has 0 unspecified atom stereocenters. The van der Waals surface area contributed by atoms with Crippen molar-refractivity contribution >= 4 is 17.5 Å². The molecule has 0 aliphatic carbocycles. The van der Waals surface area contributed by atoms with Crippen LogP contribution >= 0.6 is 0 Å². The Morgan fingerprint density at radius 2 is 2.04 bits per heavy atom. The summed E-state index contributed by atoms with van der Waals surface area (Å²) < 4.78 is 30.5. The van der Waals surface area contributed by atoms with Crippen molar-refractivity contribution in [3.05, 3.63) is 24.0 Å². The fourth-order valence-corrected chi connectivity index (χ4v) is 3.00. The zero-order chi connectivity index (χ0) is 16.3. The van der Waals surface area contributed by atoms with Gasteiger partial charge in [-0.25, -0.2) is 9.18 Å². The first-order chi connectivity index (χ1) is 11.1. The molecule has 6 nitrogen and oxygen atoms in total. The van der Waals surface area contributed by atoms with Crippen LogP contribution in [0.3, 0.4) is 0 Å². The number of hydrogen-bond donors (Lipinski definition) is 1. The molecule has 23 heavy (non-hydrogen) atoms. The van der Waals surface area contributed by atoms with Crippen molar-refractivity contribution in [3.63, 3.8) is 0 Å². The first-order valence-electron chi connectivity index (χ1n) is 7.88. The maximum absolute atomic E-state index is 14.3. The molecular weight excluding hydrogens is 303 g/mol. The van der Waals surface area contributed by atoms with E-state index >= 15 is 0 Å². The molecule has 0 bridgehead atoms. The van der Waals surface area contributed by atoms with Gasteiger partial charge in [-0.15, -0.1) is 0 Å². The van der Waals surface area contributed by atoms with Gasteiger partial charge in [0.1, 0.15) is 5.82 Å². The van der Waals surface area contributed by atoms with Gasteiger partial charge in [0.2, 0.25) is 0 Å². The van der Waals surface area contributed by atoms with E-state index in [0.717, 1.165) is 12.8 Å². The van der Waals surface area contributed by atoms with Gasteiger partial charge in [0.05, 0.1) is 25.5 Å². The minimum Gasteiger partial charge on any atom is -0.450 e. The van der Waals surface area contributed by atoms with E-state index in [2.05, 4.69) is 5.32 Å². The lowest BCUT2D eigenvalue weighted by Crippen LogP contribution is -2.45. The molecule has 1 aromatic rings. The lowest BCUT2D eigenvalue weighted by Gasteiger charge is -2.38. The van der Waals surface area contributed by atoms with E-state index in [1.807, 2.05) is 4.90 Å². The SMILES string of the molecule is CCOC(=O)Nc1ccc(N2CCC3(CC2)OCCO3)c(F)c1. The van der Waals surface area contributed by atoms with Crippen LogP contribution in [0.15, 0.2) is 18.2 Å². The molecule has 2 fully saturated rings. The summed E-state index contributed by atoms with van der Waals surface area (Å²) >= 11 is 0. The van der Waals surface area contributed by atoms with Gasteiger partial charge in [0.25, 0.3) is 0 Å². The number of piperidine rings is 1. The van der Waals surface area contributed by atoms with Crippen molar-refractivity contribution < 1.29 is 23.4 Å². The Morgan fingerprint density at radius 3 is 2.65 bits per heavy atom. The van der Waals surface area contributed by atoms with Crippen LogP contribution in [0.25, 0.3) is 0 Å². The molecule has 2 heterocycles. The van der Waals surface area contributed by atoms with Crippen LogP contribution in [0.4, 0.5) is 20.6 Å². The Hall–Kier alpha value is -1.86. The topological polar surface area (TPSA) is 60.0 Å². The van der Waals surface area contributed by atoms with Crippen LogP contribution < -0.4 is 10.2 Å². The van der Waals surface area contributed by atoms with Crippen LogP contribution in [-0.2, 0) is 14.2 Å². The Morgan fingerprint density at radius 1 is 1.35 bits per heavy atom. The van der Waals surface area contributed by atoms with E-state index in [1.165, 1.54) is 6.07 Å². The minimum absolute atomic E-state index is 0.270. The number of amides is 1. The monoisotopic (exact) mass is 324 g/mol. The highest BCUT2D eigenvalue weighted by Gasteiger charge is 2.40. The van der Waals surface area contributed by atoms with Crippen molar-refractivity contribution in [2.75, 3.05) is 43.1 Å². The van der Waals surface area contributed by atoms with Crippen LogP contribution in [0.5, 0.6) is 0 Å². The molecule has 3 rings (SSSR count). The molecule has 2 aliphatic heterocycles.